The lowest BCUT2D eigenvalue weighted by Gasteiger charge is -2.11. The van der Waals surface area contributed by atoms with Crippen LogP contribution < -0.4 is 4.74 Å². The Morgan fingerprint density at radius 2 is 2.05 bits per heavy atom. The summed E-state index contributed by atoms with van der Waals surface area (Å²) in [6.45, 7) is 8.76. The summed E-state index contributed by atoms with van der Waals surface area (Å²) in [5.41, 5.74) is 3.68. The molecule has 0 saturated carbocycles. The van der Waals surface area contributed by atoms with E-state index >= 15 is 0 Å². The van der Waals surface area contributed by atoms with Gasteiger partial charge in [-0.15, -0.1) is 0 Å². The van der Waals surface area contributed by atoms with Crippen LogP contribution in [0.4, 0.5) is 0 Å². The maximum Gasteiger partial charge on any atom is 0.163 e. The van der Waals surface area contributed by atoms with E-state index in [1.807, 2.05) is 49.7 Å². The molecule has 0 N–H and O–H groups in total. The Bertz CT molecular complexity index is 629. The second kappa shape index (κ2) is 5.90. The summed E-state index contributed by atoms with van der Waals surface area (Å²) in [5, 5.41) is 4.39. The quantitative estimate of drug-likeness (QED) is 0.784. The van der Waals surface area contributed by atoms with Crippen LogP contribution in [0.3, 0.4) is 0 Å². The van der Waals surface area contributed by atoms with Crippen LogP contribution in [-0.4, -0.2) is 15.6 Å². The Kier molecular flexibility index (Phi) is 4.23. The molecule has 4 nitrogen and oxygen atoms in total. The second-order valence-corrected chi connectivity index (χ2v) is 4.94. The molecule has 0 amide bonds. The van der Waals surface area contributed by atoms with Gasteiger partial charge in [-0.1, -0.05) is 6.07 Å². The van der Waals surface area contributed by atoms with Gasteiger partial charge in [0.05, 0.1) is 17.0 Å². The van der Waals surface area contributed by atoms with Crippen molar-refractivity contribution in [3.8, 4) is 5.75 Å². The van der Waals surface area contributed by atoms with Gasteiger partial charge in [0.25, 0.3) is 0 Å². The zero-order valence-corrected chi connectivity index (χ0v) is 12.4. The predicted octanol–water partition coefficient (Wildman–Crippen LogP) is 3.30. The highest BCUT2D eigenvalue weighted by atomic mass is 16.5. The van der Waals surface area contributed by atoms with Crippen molar-refractivity contribution in [2.24, 2.45) is 0 Å². The summed E-state index contributed by atoms with van der Waals surface area (Å²) < 4.78 is 7.75. The number of hydrogen-bond acceptors (Lipinski definition) is 3. The molecule has 20 heavy (non-hydrogen) atoms. The summed E-state index contributed by atoms with van der Waals surface area (Å²) in [4.78, 5) is 11.6. The van der Waals surface area contributed by atoms with Crippen molar-refractivity contribution < 1.29 is 9.53 Å². The Hall–Kier alpha value is -2.10. The fraction of sp³-hybridized carbons (Fsp3) is 0.375. The van der Waals surface area contributed by atoms with Gasteiger partial charge in [-0.3, -0.25) is 9.48 Å². The Balaban J connectivity index is 2.22. The fourth-order valence-electron chi connectivity index (χ4n) is 2.18. The lowest BCUT2D eigenvalue weighted by Crippen LogP contribution is -2.07. The molecule has 0 atom stereocenters. The van der Waals surface area contributed by atoms with E-state index in [9.17, 15) is 4.79 Å². The summed E-state index contributed by atoms with van der Waals surface area (Å²) in [6.07, 6.45) is 0. The van der Waals surface area contributed by atoms with Gasteiger partial charge in [-0.05, 0) is 51.5 Å². The van der Waals surface area contributed by atoms with Gasteiger partial charge in [-0.25, -0.2) is 0 Å². The van der Waals surface area contributed by atoms with Crippen LogP contribution in [0.2, 0.25) is 0 Å². The van der Waals surface area contributed by atoms with Crippen molar-refractivity contribution in [3.63, 3.8) is 0 Å². The van der Waals surface area contributed by atoms with Crippen molar-refractivity contribution in [2.75, 3.05) is 0 Å². The minimum absolute atomic E-state index is 0.0141. The number of aromatic nitrogens is 2. The van der Waals surface area contributed by atoms with E-state index in [1.165, 1.54) is 0 Å². The second-order valence-electron chi connectivity index (χ2n) is 4.94. The molecule has 1 aromatic carbocycles. The molecule has 1 heterocycles. The molecule has 0 spiro atoms. The summed E-state index contributed by atoms with van der Waals surface area (Å²) in [7, 11) is 0. The number of hydrogen-bond donors (Lipinski definition) is 0. The molecule has 106 valence electrons. The van der Waals surface area contributed by atoms with Crippen LogP contribution in [0.25, 0.3) is 0 Å². The zero-order valence-electron chi connectivity index (χ0n) is 12.4. The molecule has 0 unspecified atom stereocenters. The molecule has 0 aliphatic carbocycles. The van der Waals surface area contributed by atoms with Gasteiger partial charge in [0.1, 0.15) is 12.4 Å². The lowest BCUT2D eigenvalue weighted by atomic mass is 10.1. The number of carbonyl (C=O) groups excluding carboxylic acids is 1. The van der Waals surface area contributed by atoms with Crippen LogP contribution in [-0.2, 0) is 13.2 Å². The van der Waals surface area contributed by atoms with Crippen molar-refractivity contribution in [1.82, 2.24) is 9.78 Å². The minimum atomic E-state index is 0.0141. The normalized spacial score (nSPS) is 10.6. The molecule has 0 bridgehead atoms. The molecule has 0 fully saturated rings. The van der Waals surface area contributed by atoms with Gasteiger partial charge in [0.2, 0.25) is 0 Å². The van der Waals surface area contributed by atoms with E-state index in [0.717, 1.165) is 23.5 Å². The fourth-order valence-corrected chi connectivity index (χ4v) is 2.18. The van der Waals surface area contributed by atoms with E-state index in [2.05, 4.69) is 5.10 Å². The van der Waals surface area contributed by atoms with Gasteiger partial charge in [0, 0.05) is 6.54 Å². The molecule has 0 saturated heterocycles. The van der Waals surface area contributed by atoms with Crippen molar-refractivity contribution in [1.29, 1.82) is 0 Å². The molecule has 4 heteroatoms. The molecule has 1 aromatic heterocycles. The van der Waals surface area contributed by atoms with Crippen LogP contribution in [0.5, 0.6) is 5.75 Å². The van der Waals surface area contributed by atoms with Crippen molar-refractivity contribution >= 4 is 5.78 Å². The zero-order chi connectivity index (χ0) is 14.7. The third kappa shape index (κ3) is 3.07. The largest absolute Gasteiger partial charge is 0.487 e. The first kappa shape index (κ1) is 14.3. The summed E-state index contributed by atoms with van der Waals surface area (Å²) in [5.74, 6) is 0.652. The topological polar surface area (TPSA) is 44.1 Å². The number of aryl methyl sites for hydroxylation is 3. The maximum absolute atomic E-state index is 11.6. The monoisotopic (exact) mass is 272 g/mol. The maximum atomic E-state index is 11.6. The first-order chi connectivity index (χ1) is 9.51. The molecule has 2 aromatic rings. The third-order valence-corrected chi connectivity index (χ3v) is 3.18. The third-order valence-electron chi connectivity index (χ3n) is 3.18. The number of ketones is 1. The molecular weight excluding hydrogens is 252 g/mol. The van der Waals surface area contributed by atoms with E-state index in [1.54, 1.807) is 6.92 Å². The molecule has 0 aliphatic heterocycles. The predicted molar refractivity (Wildman–Crippen MR) is 78.2 cm³/mol. The van der Waals surface area contributed by atoms with Gasteiger partial charge >= 0.3 is 0 Å². The van der Waals surface area contributed by atoms with Crippen LogP contribution in [0.15, 0.2) is 24.3 Å². The van der Waals surface area contributed by atoms with E-state index < -0.39 is 0 Å². The lowest BCUT2D eigenvalue weighted by molar-refractivity contribution is 0.101. The van der Waals surface area contributed by atoms with Gasteiger partial charge in [0.15, 0.2) is 5.78 Å². The average molecular weight is 272 g/mol. The van der Waals surface area contributed by atoms with Crippen molar-refractivity contribution in [3.05, 3.63) is 46.8 Å². The first-order valence-corrected chi connectivity index (χ1v) is 6.79. The van der Waals surface area contributed by atoms with Gasteiger partial charge < -0.3 is 4.74 Å². The Morgan fingerprint density at radius 1 is 1.30 bits per heavy atom. The Labute approximate surface area is 119 Å². The number of benzene rings is 1. The SMILES string of the molecule is CCn1nc(C)cc1COc1cc(C)ccc1C(C)=O. The van der Waals surface area contributed by atoms with Crippen LogP contribution >= 0.6 is 0 Å². The molecule has 0 radical (unpaired) electrons. The molecule has 2 rings (SSSR count). The van der Waals surface area contributed by atoms with E-state index in [4.69, 9.17) is 4.74 Å². The van der Waals surface area contributed by atoms with Gasteiger partial charge in [-0.2, -0.15) is 5.10 Å². The molecular formula is C16H20N2O2. The first-order valence-electron chi connectivity index (χ1n) is 6.79. The Morgan fingerprint density at radius 3 is 2.70 bits per heavy atom. The number of nitrogens with zero attached hydrogens (tertiary/aromatic N) is 2. The number of ether oxygens (including phenoxy) is 1. The molecule has 0 aliphatic rings. The van der Waals surface area contributed by atoms with Crippen LogP contribution in [0, 0.1) is 13.8 Å². The number of rotatable bonds is 5. The standard InChI is InChI=1S/C16H20N2O2/c1-5-18-14(9-12(3)17-18)10-20-16-8-11(2)6-7-15(16)13(4)19/h6-9H,5,10H2,1-4H3. The van der Waals surface area contributed by atoms with Crippen molar-refractivity contribution in [2.45, 2.75) is 40.8 Å². The highest BCUT2D eigenvalue weighted by Crippen LogP contribution is 2.22. The number of carbonyl (C=O) groups is 1. The smallest absolute Gasteiger partial charge is 0.163 e. The summed E-state index contributed by atoms with van der Waals surface area (Å²) >= 11 is 0. The highest BCUT2D eigenvalue weighted by Gasteiger charge is 2.10. The number of Topliss-reactive ketones (excluding diaryl/α,β-unsaturated/α-hetero) is 1. The van der Waals surface area contributed by atoms with Crippen LogP contribution in [0.1, 0.15) is 41.2 Å². The minimum Gasteiger partial charge on any atom is -0.487 e. The summed E-state index contributed by atoms with van der Waals surface area (Å²) in [6, 6.07) is 7.64. The highest BCUT2D eigenvalue weighted by molar-refractivity contribution is 5.96. The van der Waals surface area contributed by atoms with E-state index in [0.29, 0.717) is 17.9 Å². The average Bonchev–Trinajstić information content (AvgIpc) is 2.76. The van der Waals surface area contributed by atoms with E-state index in [-0.39, 0.29) is 5.78 Å².